The van der Waals surface area contributed by atoms with Crippen LogP contribution in [0.15, 0.2) is 0 Å². The topological polar surface area (TPSA) is 17.1 Å². The van der Waals surface area contributed by atoms with Crippen molar-refractivity contribution >= 4 is 17.7 Å². The van der Waals surface area contributed by atoms with Crippen molar-refractivity contribution in [3.05, 3.63) is 0 Å². The molecule has 102 valence electrons. The van der Waals surface area contributed by atoms with E-state index >= 15 is 0 Å². The molecule has 0 aromatic rings. The maximum atomic E-state index is 11.3. The first-order valence-corrected chi connectivity index (χ1v) is 7.59. The van der Waals surface area contributed by atoms with Crippen molar-refractivity contribution in [2.24, 2.45) is 11.3 Å². The molecular formula is C15H30OS. The molecule has 0 saturated carbocycles. The Morgan fingerprint density at radius 1 is 1.06 bits per heavy atom. The molecule has 0 N–H and O–H groups in total. The lowest BCUT2D eigenvalue weighted by Crippen LogP contribution is -2.26. The zero-order valence-corrected chi connectivity index (χ0v) is 13.0. The average molecular weight is 258 g/mol. The molecule has 0 fully saturated rings. The van der Waals surface area contributed by atoms with Crippen molar-refractivity contribution in [2.75, 3.05) is 0 Å². The Morgan fingerprint density at radius 3 is 2.00 bits per heavy atom. The standard InChI is InChI=1S/C15H30OS/c1-5-6-7-8-9-10-11-12-15(3,4)13(2)14(16)17/h13H,5-12H2,1-4H3,(H,16,17). The van der Waals surface area contributed by atoms with Crippen molar-refractivity contribution < 1.29 is 4.79 Å². The van der Waals surface area contributed by atoms with Gasteiger partial charge in [-0.25, -0.2) is 0 Å². The molecule has 0 rings (SSSR count). The Hall–Kier alpha value is 0.0200. The highest BCUT2D eigenvalue weighted by atomic mass is 32.1. The second-order valence-corrected chi connectivity index (χ2v) is 6.36. The third kappa shape index (κ3) is 7.86. The van der Waals surface area contributed by atoms with Gasteiger partial charge in [0.05, 0.1) is 0 Å². The highest BCUT2D eigenvalue weighted by molar-refractivity contribution is 7.96. The highest BCUT2D eigenvalue weighted by Gasteiger charge is 2.28. The Morgan fingerprint density at radius 2 is 1.53 bits per heavy atom. The monoisotopic (exact) mass is 258 g/mol. The number of hydrogen-bond donors (Lipinski definition) is 1. The van der Waals surface area contributed by atoms with E-state index in [0.29, 0.717) is 0 Å². The molecule has 0 spiro atoms. The van der Waals surface area contributed by atoms with Crippen LogP contribution >= 0.6 is 12.6 Å². The van der Waals surface area contributed by atoms with E-state index in [1.165, 1.54) is 44.9 Å². The van der Waals surface area contributed by atoms with Crippen molar-refractivity contribution in [3.8, 4) is 0 Å². The number of carbonyl (C=O) groups excluding carboxylic acids is 1. The fourth-order valence-electron chi connectivity index (χ4n) is 2.09. The second kappa shape index (κ2) is 9.02. The van der Waals surface area contributed by atoms with Crippen LogP contribution in [-0.2, 0) is 4.79 Å². The predicted molar refractivity (Wildman–Crippen MR) is 79.5 cm³/mol. The summed E-state index contributed by atoms with van der Waals surface area (Å²) in [5.74, 6) is 0.0610. The number of carbonyl (C=O) groups is 1. The first kappa shape index (κ1) is 17.0. The van der Waals surface area contributed by atoms with Crippen LogP contribution in [0.2, 0.25) is 0 Å². The van der Waals surface area contributed by atoms with Gasteiger partial charge >= 0.3 is 0 Å². The summed E-state index contributed by atoms with van der Waals surface area (Å²) in [5.41, 5.74) is 0.0995. The molecule has 1 atom stereocenters. The van der Waals surface area contributed by atoms with Gasteiger partial charge in [0, 0.05) is 5.92 Å². The third-order valence-electron chi connectivity index (χ3n) is 3.97. The molecule has 0 aliphatic carbocycles. The molecule has 0 bridgehead atoms. The maximum absolute atomic E-state index is 11.3. The third-order valence-corrected chi connectivity index (χ3v) is 4.35. The van der Waals surface area contributed by atoms with Crippen molar-refractivity contribution in [1.82, 2.24) is 0 Å². The van der Waals surface area contributed by atoms with E-state index in [2.05, 4.69) is 33.4 Å². The van der Waals surface area contributed by atoms with Gasteiger partial charge in [0.15, 0.2) is 5.12 Å². The van der Waals surface area contributed by atoms with E-state index in [-0.39, 0.29) is 16.4 Å². The van der Waals surface area contributed by atoms with Crippen LogP contribution in [0, 0.1) is 11.3 Å². The molecule has 0 amide bonds. The Labute approximate surface area is 113 Å². The molecule has 0 saturated heterocycles. The predicted octanol–water partition coefficient (Wildman–Crippen LogP) is 5.25. The van der Waals surface area contributed by atoms with Crippen LogP contribution in [0.1, 0.15) is 79.1 Å². The van der Waals surface area contributed by atoms with Gasteiger partial charge in [0.2, 0.25) is 0 Å². The van der Waals surface area contributed by atoms with Crippen molar-refractivity contribution in [2.45, 2.75) is 79.1 Å². The van der Waals surface area contributed by atoms with Crippen LogP contribution < -0.4 is 0 Å². The van der Waals surface area contributed by atoms with E-state index in [0.717, 1.165) is 6.42 Å². The lowest BCUT2D eigenvalue weighted by Gasteiger charge is -2.29. The number of thiol groups is 1. The normalized spacial score (nSPS) is 13.7. The van der Waals surface area contributed by atoms with E-state index in [1.54, 1.807) is 0 Å². The van der Waals surface area contributed by atoms with Gasteiger partial charge in [-0.3, -0.25) is 4.79 Å². The summed E-state index contributed by atoms with van der Waals surface area (Å²) >= 11 is 3.95. The first-order valence-electron chi connectivity index (χ1n) is 7.14. The molecule has 0 aromatic heterocycles. The number of unbranched alkanes of at least 4 members (excludes halogenated alkanes) is 6. The summed E-state index contributed by atoms with van der Waals surface area (Å²) in [5, 5.41) is 0.0259. The molecule has 1 nitrogen and oxygen atoms in total. The van der Waals surface area contributed by atoms with Crippen LogP contribution in [0.5, 0.6) is 0 Å². The summed E-state index contributed by atoms with van der Waals surface area (Å²) in [6.45, 7) is 8.61. The first-order chi connectivity index (χ1) is 7.91. The van der Waals surface area contributed by atoms with E-state index in [4.69, 9.17) is 0 Å². The molecule has 1 unspecified atom stereocenters. The van der Waals surface area contributed by atoms with Crippen LogP contribution in [-0.4, -0.2) is 5.12 Å². The van der Waals surface area contributed by atoms with Crippen LogP contribution in [0.4, 0.5) is 0 Å². The van der Waals surface area contributed by atoms with E-state index in [9.17, 15) is 4.79 Å². The van der Waals surface area contributed by atoms with E-state index in [1.807, 2.05) is 6.92 Å². The van der Waals surface area contributed by atoms with Crippen LogP contribution in [0.25, 0.3) is 0 Å². The molecule has 0 heterocycles. The molecule has 0 aliphatic rings. The zero-order chi connectivity index (χ0) is 13.3. The lowest BCUT2D eigenvalue weighted by molar-refractivity contribution is -0.116. The lowest BCUT2D eigenvalue weighted by atomic mass is 9.76. The summed E-state index contributed by atoms with van der Waals surface area (Å²) in [4.78, 5) is 11.3. The van der Waals surface area contributed by atoms with Crippen molar-refractivity contribution in [1.29, 1.82) is 0 Å². The van der Waals surface area contributed by atoms with Gasteiger partial charge in [-0.05, 0) is 11.8 Å². The summed E-state index contributed by atoms with van der Waals surface area (Å²) in [7, 11) is 0. The SMILES string of the molecule is CCCCCCCCCC(C)(C)C(C)C(=O)S. The molecule has 0 aliphatic heterocycles. The minimum Gasteiger partial charge on any atom is -0.287 e. The molecule has 17 heavy (non-hydrogen) atoms. The molecular weight excluding hydrogens is 228 g/mol. The van der Waals surface area contributed by atoms with Crippen LogP contribution in [0.3, 0.4) is 0 Å². The van der Waals surface area contributed by atoms with Crippen molar-refractivity contribution in [3.63, 3.8) is 0 Å². The van der Waals surface area contributed by atoms with Gasteiger partial charge in [-0.15, -0.1) is 12.6 Å². The smallest absolute Gasteiger partial charge is 0.189 e. The zero-order valence-electron chi connectivity index (χ0n) is 12.1. The Kier molecular flexibility index (Phi) is 9.03. The molecule has 0 aromatic carbocycles. The van der Waals surface area contributed by atoms with Gasteiger partial charge in [-0.1, -0.05) is 72.6 Å². The highest BCUT2D eigenvalue weighted by Crippen LogP contribution is 2.34. The van der Waals surface area contributed by atoms with Gasteiger partial charge in [0.25, 0.3) is 0 Å². The average Bonchev–Trinajstić information content (AvgIpc) is 2.26. The fraction of sp³-hybridized carbons (Fsp3) is 0.933. The van der Waals surface area contributed by atoms with Gasteiger partial charge in [-0.2, -0.15) is 0 Å². The van der Waals surface area contributed by atoms with Gasteiger partial charge in [0.1, 0.15) is 0 Å². The summed E-state index contributed by atoms with van der Waals surface area (Å²) in [6.07, 6.45) is 10.5. The minimum absolute atomic E-state index is 0.0259. The van der Waals surface area contributed by atoms with E-state index < -0.39 is 0 Å². The summed E-state index contributed by atoms with van der Waals surface area (Å²) in [6, 6.07) is 0. The summed E-state index contributed by atoms with van der Waals surface area (Å²) < 4.78 is 0. The Bertz CT molecular complexity index is 211. The number of rotatable bonds is 10. The largest absolute Gasteiger partial charge is 0.287 e. The van der Waals surface area contributed by atoms with Gasteiger partial charge < -0.3 is 0 Å². The minimum atomic E-state index is 0.0259. The molecule has 2 heteroatoms. The molecule has 0 radical (unpaired) electrons. The quantitative estimate of drug-likeness (QED) is 0.418. The second-order valence-electron chi connectivity index (χ2n) is 5.92. The number of hydrogen-bond acceptors (Lipinski definition) is 1. The fourth-order valence-corrected chi connectivity index (χ4v) is 2.44. The Balaban J connectivity index is 3.62. The maximum Gasteiger partial charge on any atom is 0.189 e.